The van der Waals surface area contributed by atoms with Crippen LogP contribution in [0, 0.1) is 0 Å². The molecule has 120 valence electrons. The van der Waals surface area contributed by atoms with Gasteiger partial charge in [0, 0.05) is 32.8 Å². The van der Waals surface area contributed by atoms with Gasteiger partial charge in [-0.1, -0.05) is 53.4 Å². The van der Waals surface area contributed by atoms with Crippen molar-refractivity contribution >= 4 is 8.32 Å². The van der Waals surface area contributed by atoms with Gasteiger partial charge in [-0.2, -0.15) is 0 Å². The van der Waals surface area contributed by atoms with Crippen molar-refractivity contribution in [2.24, 2.45) is 0 Å². The van der Waals surface area contributed by atoms with Crippen LogP contribution in [0.25, 0.3) is 0 Å². The molecule has 0 atom stereocenters. The molecule has 0 amide bonds. The van der Waals surface area contributed by atoms with E-state index >= 15 is 0 Å². The van der Waals surface area contributed by atoms with E-state index in [-0.39, 0.29) is 37.2 Å². The normalized spacial score (nSPS) is 9.16. The van der Waals surface area contributed by atoms with Crippen LogP contribution in [0.3, 0.4) is 0 Å². The number of hydrogen-bond acceptors (Lipinski definition) is 2. The molecule has 0 aromatic rings. The summed E-state index contributed by atoms with van der Waals surface area (Å²) < 4.78 is 0. The molecule has 0 fully saturated rings. The molecule has 0 rings (SSSR count). The van der Waals surface area contributed by atoms with E-state index in [2.05, 4.69) is 27.7 Å². The maximum absolute atomic E-state index is 10.2. The second kappa shape index (κ2) is 24.0. The van der Waals surface area contributed by atoms with E-state index in [1.807, 2.05) is 0 Å². The van der Waals surface area contributed by atoms with Crippen LogP contribution in [0.1, 0.15) is 59.8 Å². The van der Waals surface area contributed by atoms with Gasteiger partial charge in [-0.05, 0) is 24.6 Å². The maximum atomic E-state index is 10.2. The molecule has 4 nitrogen and oxygen atoms in total. The minimum absolute atomic E-state index is 0. The summed E-state index contributed by atoms with van der Waals surface area (Å²) in [6.07, 6.45) is 5.50. The summed E-state index contributed by atoms with van der Waals surface area (Å²) >= 11 is 0. The largest absolute Gasteiger partial charge is 0.432 e. The monoisotopic (exact) mass is 374 g/mol. The number of aliphatic hydroxyl groups is 1. The van der Waals surface area contributed by atoms with E-state index in [1.165, 1.54) is 0 Å². The van der Waals surface area contributed by atoms with Crippen LogP contribution in [0.15, 0.2) is 0 Å². The summed E-state index contributed by atoms with van der Waals surface area (Å²) in [5.74, 6) is 0. The van der Waals surface area contributed by atoms with Crippen LogP contribution >= 0.6 is 0 Å². The second-order valence-electron chi connectivity index (χ2n) is 4.55. The summed E-state index contributed by atoms with van der Waals surface area (Å²) in [5, 5.41) is 8.07. The Bertz CT molecular complexity index is 121. The van der Waals surface area contributed by atoms with Crippen LogP contribution in [0.4, 0.5) is 0 Å². The fraction of sp³-hybridized carbons (Fsp3) is 1.00. The smallest absolute Gasteiger partial charge is 0.188 e. The molecular weight excluding hydrogens is 339 g/mol. The van der Waals surface area contributed by atoms with Crippen LogP contribution in [0.2, 0.25) is 18.1 Å². The number of hydrogen-bond donors (Lipinski definition) is 2. The summed E-state index contributed by atoms with van der Waals surface area (Å²) in [4.78, 5) is 10.2. The molecule has 0 aliphatic rings. The molecule has 0 saturated carbocycles. The van der Waals surface area contributed by atoms with Crippen molar-refractivity contribution in [3.05, 3.63) is 0 Å². The SMILES string of the molecule is CCCCO.CCC[Si](O)(CCC)CCC.O.O.[Zr]. The Hall–Kier alpha value is 0.940. The molecule has 0 unspecified atom stereocenters. The zero-order valence-corrected chi connectivity index (χ0v) is 16.7. The van der Waals surface area contributed by atoms with E-state index < -0.39 is 8.32 Å². The van der Waals surface area contributed by atoms with Gasteiger partial charge in [-0.15, -0.1) is 0 Å². The van der Waals surface area contributed by atoms with Gasteiger partial charge < -0.3 is 20.9 Å². The van der Waals surface area contributed by atoms with Gasteiger partial charge in [0.25, 0.3) is 0 Å². The first kappa shape index (κ1) is 32.0. The Kier molecular flexibility index (Phi) is 40.5. The van der Waals surface area contributed by atoms with Gasteiger partial charge >= 0.3 is 0 Å². The third kappa shape index (κ3) is 24.4. The van der Waals surface area contributed by atoms with Crippen molar-refractivity contribution in [1.82, 2.24) is 0 Å². The molecule has 0 radical (unpaired) electrons. The third-order valence-corrected chi connectivity index (χ3v) is 6.95. The van der Waals surface area contributed by atoms with Crippen molar-refractivity contribution < 1.29 is 47.1 Å². The summed E-state index contributed by atoms with van der Waals surface area (Å²) in [6.45, 7) is 8.91. The Morgan fingerprint density at radius 3 is 1.16 bits per heavy atom. The first-order chi connectivity index (χ1) is 7.60. The predicted molar refractivity (Wildman–Crippen MR) is 82.5 cm³/mol. The van der Waals surface area contributed by atoms with E-state index in [4.69, 9.17) is 5.11 Å². The molecule has 0 heterocycles. The molecule has 0 aliphatic carbocycles. The first-order valence-corrected chi connectivity index (χ1v) is 9.50. The van der Waals surface area contributed by atoms with Crippen LogP contribution < -0.4 is 0 Å². The fourth-order valence-corrected chi connectivity index (χ4v) is 5.47. The number of unbranched alkanes of at least 4 members (excludes halogenated alkanes) is 1. The standard InChI is InChI=1S/C9H22OSi.C4H10O.2H2O.Zr/c1-4-7-11(10,8-5-2)9-6-3;1-2-3-4-5;;;/h10H,4-9H2,1-3H3;5H,2-4H2,1H3;2*1H2;. The van der Waals surface area contributed by atoms with Crippen LogP contribution in [-0.2, 0) is 26.2 Å². The van der Waals surface area contributed by atoms with Gasteiger partial charge in [-0.25, -0.2) is 0 Å². The summed E-state index contributed by atoms with van der Waals surface area (Å²) in [5.41, 5.74) is 0. The molecule has 0 spiro atoms. The van der Waals surface area contributed by atoms with Crippen LogP contribution in [-0.4, -0.2) is 35.8 Å². The van der Waals surface area contributed by atoms with Gasteiger partial charge in [-0.3, -0.25) is 0 Å². The Balaban J connectivity index is -0.0000000717. The average molecular weight is 376 g/mol. The first-order valence-electron chi connectivity index (χ1n) is 6.93. The second-order valence-corrected chi connectivity index (χ2v) is 8.50. The molecule has 6 N–H and O–H groups in total. The molecule has 0 aromatic heterocycles. The van der Waals surface area contributed by atoms with Gasteiger partial charge in [0.05, 0.1) is 0 Å². The van der Waals surface area contributed by atoms with Gasteiger partial charge in [0.2, 0.25) is 0 Å². The molecular formula is C13H36O4SiZr. The van der Waals surface area contributed by atoms with E-state index in [9.17, 15) is 4.80 Å². The van der Waals surface area contributed by atoms with E-state index in [1.54, 1.807) is 0 Å². The van der Waals surface area contributed by atoms with E-state index in [0.717, 1.165) is 50.2 Å². The van der Waals surface area contributed by atoms with Crippen molar-refractivity contribution in [3.63, 3.8) is 0 Å². The maximum Gasteiger partial charge on any atom is 0.188 e. The molecule has 0 bridgehead atoms. The predicted octanol–water partition coefficient (Wildman–Crippen LogP) is 2.28. The summed E-state index contributed by atoms with van der Waals surface area (Å²) in [6, 6.07) is 3.32. The topological polar surface area (TPSA) is 103 Å². The van der Waals surface area contributed by atoms with Crippen molar-refractivity contribution in [3.8, 4) is 0 Å². The minimum atomic E-state index is -1.75. The Morgan fingerprint density at radius 2 is 1.05 bits per heavy atom. The summed E-state index contributed by atoms with van der Waals surface area (Å²) in [7, 11) is -1.75. The average Bonchev–Trinajstić information content (AvgIpc) is 2.20. The van der Waals surface area contributed by atoms with Crippen LogP contribution in [0.5, 0.6) is 0 Å². The molecule has 0 saturated heterocycles. The fourth-order valence-electron chi connectivity index (χ4n) is 1.93. The van der Waals surface area contributed by atoms with Crippen molar-refractivity contribution in [2.45, 2.75) is 77.9 Å². The number of aliphatic hydroxyl groups excluding tert-OH is 1. The van der Waals surface area contributed by atoms with E-state index in [0.29, 0.717) is 6.61 Å². The zero-order valence-electron chi connectivity index (χ0n) is 13.3. The van der Waals surface area contributed by atoms with Crippen molar-refractivity contribution in [1.29, 1.82) is 0 Å². The third-order valence-electron chi connectivity index (χ3n) is 2.66. The molecule has 0 aromatic carbocycles. The number of rotatable bonds is 8. The molecule has 0 aliphatic heterocycles. The molecule has 6 heteroatoms. The molecule has 19 heavy (non-hydrogen) atoms. The zero-order chi connectivity index (χ0) is 12.9. The minimum Gasteiger partial charge on any atom is -0.432 e. The van der Waals surface area contributed by atoms with Crippen molar-refractivity contribution in [2.75, 3.05) is 6.61 Å². The quantitative estimate of drug-likeness (QED) is 0.635. The Morgan fingerprint density at radius 1 is 0.737 bits per heavy atom. The van der Waals surface area contributed by atoms with Gasteiger partial charge in [0.15, 0.2) is 8.32 Å². The van der Waals surface area contributed by atoms with Gasteiger partial charge in [0.1, 0.15) is 0 Å². The Labute approximate surface area is 139 Å².